The van der Waals surface area contributed by atoms with Crippen LogP contribution in [0.4, 0.5) is 0 Å². The van der Waals surface area contributed by atoms with Gasteiger partial charge in [-0.1, -0.05) is 70.7 Å². The molecule has 0 spiro atoms. The molecule has 0 aliphatic heterocycles. The van der Waals surface area contributed by atoms with E-state index in [2.05, 4.69) is 10.2 Å². The molecular formula is C14H6Cl4N2. The van der Waals surface area contributed by atoms with Crippen molar-refractivity contribution in [1.29, 1.82) is 0 Å². The molecule has 2 aromatic carbocycles. The molecular weight excluding hydrogens is 338 g/mol. The molecule has 0 amide bonds. The van der Waals surface area contributed by atoms with Gasteiger partial charge in [-0.15, -0.1) is 10.2 Å². The molecule has 100 valence electrons. The largest absolute Gasteiger partial charge is 0.159 e. The highest BCUT2D eigenvalue weighted by molar-refractivity contribution is 6.42. The van der Waals surface area contributed by atoms with Gasteiger partial charge in [0.05, 0.1) is 10.0 Å². The van der Waals surface area contributed by atoms with Crippen molar-refractivity contribution in [2.24, 2.45) is 0 Å². The van der Waals surface area contributed by atoms with E-state index < -0.39 is 0 Å². The Bertz CT molecular complexity index is 794. The van der Waals surface area contributed by atoms with Crippen LogP contribution in [0, 0.1) is 0 Å². The van der Waals surface area contributed by atoms with Crippen LogP contribution >= 0.6 is 46.4 Å². The molecule has 6 heteroatoms. The predicted octanol–water partition coefficient (Wildman–Crippen LogP) is 5.91. The van der Waals surface area contributed by atoms with Crippen molar-refractivity contribution in [3.8, 4) is 11.3 Å². The molecule has 0 N–H and O–H groups in total. The van der Waals surface area contributed by atoms with Gasteiger partial charge in [-0.2, -0.15) is 0 Å². The Morgan fingerprint density at radius 1 is 0.750 bits per heavy atom. The van der Waals surface area contributed by atoms with E-state index in [9.17, 15) is 0 Å². The Hall–Kier alpha value is -1.06. The lowest BCUT2D eigenvalue weighted by Gasteiger charge is -2.10. The van der Waals surface area contributed by atoms with Crippen molar-refractivity contribution in [3.63, 3.8) is 0 Å². The monoisotopic (exact) mass is 342 g/mol. The van der Waals surface area contributed by atoms with Crippen molar-refractivity contribution in [3.05, 3.63) is 56.6 Å². The number of hydrogen-bond donors (Lipinski definition) is 0. The summed E-state index contributed by atoms with van der Waals surface area (Å²) < 4.78 is 0. The summed E-state index contributed by atoms with van der Waals surface area (Å²) in [5.41, 5.74) is 1.18. The van der Waals surface area contributed by atoms with Gasteiger partial charge in [0.15, 0.2) is 5.15 Å². The van der Waals surface area contributed by atoms with E-state index in [4.69, 9.17) is 46.4 Å². The first kappa shape index (κ1) is 13.9. The molecule has 0 saturated heterocycles. The summed E-state index contributed by atoms with van der Waals surface area (Å²) in [7, 11) is 0. The lowest BCUT2D eigenvalue weighted by atomic mass is 10.1. The maximum absolute atomic E-state index is 6.24. The zero-order valence-corrected chi connectivity index (χ0v) is 12.9. The van der Waals surface area contributed by atoms with Gasteiger partial charge < -0.3 is 0 Å². The number of hydrogen-bond acceptors (Lipinski definition) is 2. The number of halogens is 4. The normalized spacial score (nSPS) is 11.0. The summed E-state index contributed by atoms with van der Waals surface area (Å²) >= 11 is 24.5. The fraction of sp³-hybridized carbons (Fsp3) is 0. The Morgan fingerprint density at radius 3 is 2.00 bits per heavy atom. The fourth-order valence-electron chi connectivity index (χ4n) is 2.02. The summed E-state index contributed by atoms with van der Waals surface area (Å²) in [5, 5.41) is 11.4. The van der Waals surface area contributed by atoms with E-state index in [-0.39, 0.29) is 0 Å². The van der Waals surface area contributed by atoms with Crippen LogP contribution in [0.5, 0.6) is 0 Å². The van der Waals surface area contributed by atoms with Gasteiger partial charge in [-0.3, -0.25) is 0 Å². The van der Waals surface area contributed by atoms with E-state index in [1.807, 2.05) is 24.3 Å². The number of aromatic nitrogens is 2. The summed E-state index contributed by atoms with van der Waals surface area (Å²) in [6.45, 7) is 0. The second kappa shape index (κ2) is 5.38. The standard InChI is InChI=1S/C14H6Cl4N2/c15-7-5-10(16)12(11(17)6-7)13-8-3-1-2-4-9(8)14(18)20-19-13/h1-6H. The second-order valence-corrected chi connectivity index (χ2v) is 5.74. The number of nitrogens with zero attached hydrogens (tertiary/aromatic N) is 2. The van der Waals surface area contributed by atoms with E-state index in [0.717, 1.165) is 10.8 Å². The first-order valence-electron chi connectivity index (χ1n) is 5.64. The predicted molar refractivity (Wildman–Crippen MR) is 85.0 cm³/mol. The third-order valence-corrected chi connectivity index (χ3v) is 3.98. The summed E-state index contributed by atoms with van der Waals surface area (Å²) in [6, 6.07) is 10.8. The summed E-state index contributed by atoms with van der Waals surface area (Å²) in [6.07, 6.45) is 0. The summed E-state index contributed by atoms with van der Waals surface area (Å²) in [5.74, 6) is 0. The van der Waals surface area contributed by atoms with Crippen molar-refractivity contribution in [2.75, 3.05) is 0 Å². The topological polar surface area (TPSA) is 25.8 Å². The lowest BCUT2D eigenvalue weighted by Crippen LogP contribution is -1.93. The van der Waals surface area contributed by atoms with E-state index in [1.54, 1.807) is 12.1 Å². The molecule has 1 heterocycles. The highest BCUT2D eigenvalue weighted by Crippen LogP contribution is 2.39. The van der Waals surface area contributed by atoms with Crippen molar-refractivity contribution in [2.45, 2.75) is 0 Å². The lowest BCUT2D eigenvalue weighted by molar-refractivity contribution is 1.06. The molecule has 0 aliphatic carbocycles. The van der Waals surface area contributed by atoms with Crippen LogP contribution in [-0.2, 0) is 0 Å². The molecule has 0 radical (unpaired) electrons. The molecule has 3 rings (SSSR count). The first-order valence-corrected chi connectivity index (χ1v) is 7.15. The quantitative estimate of drug-likeness (QED) is 0.548. The minimum absolute atomic E-state index is 0.338. The van der Waals surface area contributed by atoms with Gasteiger partial charge in [0.2, 0.25) is 0 Å². The highest BCUT2D eigenvalue weighted by atomic mass is 35.5. The van der Waals surface area contributed by atoms with E-state index in [0.29, 0.717) is 31.5 Å². The number of fused-ring (bicyclic) bond motifs is 1. The second-order valence-electron chi connectivity index (χ2n) is 4.13. The van der Waals surface area contributed by atoms with Crippen LogP contribution < -0.4 is 0 Å². The Kier molecular flexibility index (Phi) is 3.74. The zero-order valence-electron chi connectivity index (χ0n) is 9.87. The number of benzene rings is 2. The summed E-state index contributed by atoms with van der Waals surface area (Å²) in [4.78, 5) is 0. The van der Waals surface area contributed by atoms with Gasteiger partial charge in [0.1, 0.15) is 5.69 Å². The molecule has 0 aliphatic rings. The van der Waals surface area contributed by atoms with E-state index >= 15 is 0 Å². The highest BCUT2D eigenvalue weighted by Gasteiger charge is 2.16. The van der Waals surface area contributed by atoms with Crippen LogP contribution in [0.25, 0.3) is 22.0 Å². The average molecular weight is 344 g/mol. The number of rotatable bonds is 1. The van der Waals surface area contributed by atoms with Crippen LogP contribution in [0.2, 0.25) is 20.2 Å². The average Bonchev–Trinajstić information content (AvgIpc) is 2.40. The van der Waals surface area contributed by atoms with Gasteiger partial charge in [0.25, 0.3) is 0 Å². The molecule has 0 saturated carbocycles. The van der Waals surface area contributed by atoms with Crippen molar-refractivity contribution in [1.82, 2.24) is 10.2 Å². The molecule has 0 unspecified atom stereocenters. The third-order valence-electron chi connectivity index (χ3n) is 2.89. The Morgan fingerprint density at radius 2 is 1.35 bits per heavy atom. The zero-order chi connectivity index (χ0) is 14.3. The minimum atomic E-state index is 0.338. The molecule has 2 nitrogen and oxygen atoms in total. The SMILES string of the molecule is Clc1cc(Cl)c(-c2nnc(Cl)c3ccccc23)c(Cl)c1. The van der Waals surface area contributed by atoms with Crippen LogP contribution in [-0.4, -0.2) is 10.2 Å². The minimum Gasteiger partial charge on any atom is -0.148 e. The molecule has 0 atom stereocenters. The maximum Gasteiger partial charge on any atom is 0.159 e. The third kappa shape index (κ3) is 2.33. The molecule has 20 heavy (non-hydrogen) atoms. The molecule has 0 bridgehead atoms. The van der Waals surface area contributed by atoms with E-state index in [1.165, 1.54) is 0 Å². The van der Waals surface area contributed by atoms with Gasteiger partial charge in [0, 0.05) is 21.4 Å². The Labute approximate surface area is 135 Å². The first-order chi connectivity index (χ1) is 9.58. The van der Waals surface area contributed by atoms with Gasteiger partial charge in [-0.05, 0) is 12.1 Å². The van der Waals surface area contributed by atoms with Crippen LogP contribution in [0.15, 0.2) is 36.4 Å². The van der Waals surface area contributed by atoms with Gasteiger partial charge >= 0.3 is 0 Å². The maximum atomic E-state index is 6.24. The van der Waals surface area contributed by atoms with Crippen LogP contribution in [0.3, 0.4) is 0 Å². The molecule has 3 aromatic rings. The Balaban J connectivity index is 2.39. The van der Waals surface area contributed by atoms with Crippen molar-refractivity contribution < 1.29 is 0 Å². The van der Waals surface area contributed by atoms with Gasteiger partial charge in [-0.25, -0.2) is 0 Å². The molecule has 0 fully saturated rings. The molecule has 1 aromatic heterocycles. The smallest absolute Gasteiger partial charge is 0.148 e. The van der Waals surface area contributed by atoms with Crippen LogP contribution in [0.1, 0.15) is 0 Å². The fourth-order valence-corrected chi connectivity index (χ4v) is 3.22. The van der Waals surface area contributed by atoms with Crippen molar-refractivity contribution >= 4 is 57.2 Å².